The number of aromatic nitrogens is 1. The van der Waals surface area contributed by atoms with Gasteiger partial charge in [-0.1, -0.05) is 9.24 Å². The molecule has 1 unspecified atom stereocenters. The van der Waals surface area contributed by atoms with Crippen molar-refractivity contribution in [2.24, 2.45) is 0 Å². The van der Waals surface area contributed by atoms with Crippen molar-refractivity contribution in [2.45, 2.75) is 0 Å². The minimum atomic E-state index is 0.326. The zero-order valence-corrected chi connectivity index (χ0v) is 6.43. The second kappa shape index (κ2) is 2.30. The molecule has 1 rings (SSSR count). The van der Waals surface area contributed by atoms with Gasteiger partial charge >= 0.3 is 0 Å². The summed E-state index contributed by atoms with van der Waals surface area (Å²) in [7, 11) is 2.39. The molecule has 3 nitrogen and oxygen atoms in total. The Morgan fingerprint density at radius 3 is 2.67 bits per heavy atom. The highest BCUT2D eigenvalue weighted by molar-refractivity contribution is 7.43. The largest absolute Gasteiger partial charge is 0.382 e. The van der Waals surface area contributed by atoms with E-state index in [1.54, 1.807) is 0 Å². The summed E-state index contributed by atoms with van der Waals surface area (Å²) in [6.07, 6.45) is 0. The summed E-state index contributed by atoms with van der Waals surface area (Å²) in [6, 6.07) is 1.93. The van der Waals surface area contributed by atoms with Gasteiger partial charge < -0.3 is 5.73 Å². The Labute approximate surface area is 58.7 Å². The van der Waals surface area contributed by atoms with Crippen LogP contribution in [-0.2, 0) is 0 Å². The third-order valence-electron chi connectivity index (χ3n) is 0.771. The van der Waals surface area contributed by atoms with Crippen LogP contribution in [-0.4, -0.2) is 4.98 Å². The van der Waals surface area contributed by atoms with E-state index in [1.165, 1.54) is 11.3 Å². The summed E-state index contributed by atoms with van der Waals surface area (Å²) in [5.74, 6) is 0.326. The third-order valence-corrected chi connectivity index (χ3v) is 2.06. The summed E-state index contributed by atoms with van der Waals surface area (Å²) in [6.45, 7) is 0. The Morgan fingerprint density at radius 2 is 2.44 bits per heavy atom. The lowest BCUT2D eigenvalue weighted by Gasteiger charge is -1.76. The van der Waals surface area contributed by atoms with Crippen LogP contribution in [0, 0.1) is 11.3 Å². The second-order valence-corrected chi connectivity index (χ2v) is 3.37. The van der Waals surface area contributed by atoms with E-state index in [1.807, 2.05) is 6.07 Å². The van der Waals surface area contributed by atoms with E-state index in [4.69, 9.17) is 11.0 Å². The third kappa shape index (κ3) is 1.18. The maximum absolute atomic E-state index is 8.36. The summed E-state index contributed by atoms with van der Waals surface area (Å²) in [4.78, 5) is 4.30. The molecule has 1 heterocycles. The summed E-state index contributed by atoms with van der Waals surface area (Å²) < 4.78 is 0.754. The summed E-state index contributed by atoms with van der Waals surface area (Å²) >= 11 is 1.28. The zero-order chi connectivity index (χ0) is 6.85. The molecule has 5 heteroatoms. The highest BCUT2D eigenvalue weighted by Gasteiger charge is 2.01. The van der Waals surface area contributed by atoms with Gasteiger partial charge in [0.25, 0.3) is 0 Å². The molecule has 0 fully saturated rings. The van der Waals surface area contributed by atoms with Crippen LogP contribution in [0.15, 0.2) is 0 Å². The summed E-state index contributed by atoms with van der Waals surface area (Å²) in [5.41, 5.74) is 5.32. The lowest BCUT2D eigenvalue weighted by molar-refractivity contribution is 1.44. The smallest absolute Gasteiger partial charge is 0.153 e. The average Bonchev–Trinajstić information content (AvgIpc) is 2.10. The molecule has 0 spiro atoms. The number of nitrogens with zero attached hydrogens (tertiary/aromatic N) is 2. The van der Waals surface area contributed by atoms with Crippen LogP contribution < -0.4 is 10.5 Å². The number of nitrogens with two attached hydrogens (primary N) is 1. The first-order chi connectivity index (χ1) is 4.24. The molecule has 0 radical (unpaired) electrons. The van der Waals surface area contributed by atoms with Gasteiger partial charge in [0.1, 0.15) is 15.7 Å². The molecular formula is C4H4N3PS. The van der Waals surface area contributed by atoms with E-state index in [0.29, 0.717) is 10.7 Å². The minimum absolute atomic E-state index is 0.326. The van der Waals surface area contributed by atoms with E-state index in [0.717, 1.165) is 4.75 Å². The Bertz CT molecular complexity index is 261. The molecule has 9 heavy (non-hydrogen) atoms. The molecule has 1 aromatic heterocycles. The number of anilines is 1. The average molecular weight is 157 g/mol. The Morgan fingerprint density at radius 1 is 1.78 bits per heavy atom. The van der Waals surface area contributed by atoms with E-state index in [2.05, 4.69) is 14.2 Å². The van der Waals surface area contributed by atoms with Crippen LogP contribution in [0.5, 0.6) is 0 Å². The molecule has 0 aliphatic rings. The number of rotatable bonds is 0. The molecule has 1 aromatic rings. The second-order valence-electron chi connectivity index (χ2n) is 1.38. The molecule has 2 N–H and O–H groups in total. The van der Waals surface area contributed by atoms with Gasteiger partial charge in [0.15, 0.2) is 5.82 Å². The van der Waals surface area contributed by atoms with Gasteiger partial charge in [-0.15, -0.1) is 11.3 Å². The lowest BCUT2D eigenvalue weighted by Crippen LogP contribution is -1.90. The minimum Gasteiger partial charge on any atom is -0.382 e. The fraction of sp³-hybridized carbons (Fsp3) is 0. The SMILES string of the molecule is N#Cc1sc(P)nc1N. The van der Waals surface area contributed by atoms with Crippen molar-refractivity contribution in [3.63, 3.8) is 0 Å². The Kier molecular flexibility index (Phi) is 1.65. The van der Waals surface area contributed by atoms with Crippen LogP contribution in [0.2, 0.25) is 0 Å². The molecule has 0 aromatic carbocycles. The molecular weight excluding hydrogens is 153 g/mol. The monoisotopic (exact) mass is 157 g/mol. The van der Waals surface area contributed by atoms with E-state index in [-0.39, 0.29) is 0 Å². The number of hydrogen-bond donors (Lipinski definition) is 1. The molecule has 1 atom stereocenters. The van der Waals surface area contributed by atoms with E-state index < -0.39 is 0 Å². The van der Waals surface area contributed by atoms with Crippen molar-refractivity contribution >= 4 is 31.1 Å². The normalized spacial score (nSPS) is 8.89. The van der Waals surface area contributed by atoms with Crippen molar-refractivity contribution in [3.8, 4) is 6.07 Å². The molecule has 0 aliphatic carbocycles. The van der Waals surface area contributed by atoms with Crippen molar-refractivity contribution in [3.05, 3.63) is 4.88 Å². The fourth-order valence-electron chi connectivity index (χ4n) is 0.429. The molecule has 0 bridgehead atoms. The Hall–Kier alpha value is -0.650. The molecule has 0 amide bonds. The first-order valence-corrected chi connectivity index (χ1v) is 3.55. The van der Waals surface area contributed by atoms with Gasteiger partial charge in [-0.05, 0) is 0 Å². The molecule has 0 aliphatic heterocycles. The van der Waals surface area contributed by atoms with Gasteiger partial charge in [0.2, 0.25) is 0 Å². The van der Waals surface area contributed by atoms with Gasteiger partial charge in [0.05, 0.1) is 0 Å². The first-order valence-electron chi connectivity index (χ1n) is 2.16. The highest BCUT2D eigenvalue weighted by Crippen LogP contribution is 2.12. The van der Waals surface area contributed by atoms with Crippen molar-refractivity contribution in [1.29, 1.82) is 5.26 Å². The van der Waals surface area contributed by atoms with Crippen LogP contribution in [0.3, 0.4) is 0 Å². The topological polar surface area (TPSA) is 62.7 Å². The number of hydrogen-bond acceptors (Lipinski definition) is 4. The quantitative estimate of drug-likeness (QED) is 0.543. The standard InChI is InChI=1S/C4H4N3PS/c5-1-2-3(6)7-4(8)9-2/h6,8H2. The number of nitriles is 1. The van der Waals surface area contributed by atoms with Gasteiger partial charge in [-0.3, -0.25) is 0 Å². The first kappa shape index (κ1) is 6.47. The van der Waals surface area contributed by atoms with E-state index in [9.17, 15) is 0 Å². The van der Waals surface area contributed by atoms with Crippen LogP contribution in [0.1, 0.15) is 4.88 Å². The number of thiazole rings is 1. The zero-order valence-electron chi connectivity index (χ0n) is 4.46. The Balaban J connectivity index is 3.20. The molecule has 0 saturated carbocycles. The lowest BCUT2D eigenvalue weighted by atomic mass is 10.6. The maximum atomic E-state index is 8.36. The fourth-order valence-corrected chi connectivity index (χ4v) is 1.47. The molecule has 0 saturated heterocycles. The van der Waals surface area contributed by atoms with Gasteiger partial charge in [-0.25, -0.2) is 4.98 Å². The van der Waals surface area contributed by atoms with Crippen LogP contribution in [0.4, 0.5) is 5.82 Å². The van der Waals surface area contributed by atoms with Gasteiger partial charge in [0, 0.05) is 0 Å². The number of nitrogen functional groups attached to an aromatic ring is 1. The van der Waals surface area contributed by atoms with Crippen LogP contribution >= 0.6 is 20.6 Å². The van der Waals surface area contributed by atoms with Gasteiger partial charge in [-0.2, -0.15) is 5.26 Å². The van der Waals surface area contributed by atoms with Crippen molar-refractivity contribution < 1.29 is 0 Å². The summed E-state index contributed by atoms with van der Waals surface area (Å²) in [5, 5.41) is 8.36. The van der Waals surface area contributed by atoms with Crippen molar-refractivity contribution in [1.82, 2.24) is 4.98 Å². The van der Waals surface area contributed by atoms with Crippen molar-refractivity contribution in [2.75, 3.05) is 5.73 Å². The predicted octanol–water partition coefficient (Wildman–Crippen LogP) is 0.0974. The van der Waals surface area contributed by atoms with Crippen LogP contribution in [0.25, 0.3) is 0 Å². The molecule has 46 valence electrons. The van der Waals surface area contributed by atoms with E-state index >= 15 is 0 Å². The maximum Gasteiger partial charge on any atom is 0.153 e. The highest BCUT2D eigenvalue weighted by atomic mass is 32.1. The predicted molar refractivity (Wildman–Crippen MR) is 40.6 cm³/mol.